The zero-order chi connectivity index (χ0) is 21.4. The molecule has 1 amide bonds. The van der Waals surface area contributed by atoms with Crippen LogP contribution >= 0.6 is 11.3 Å². The molecule has 0 N–H and O–H groups in total. The van der Waals surface area contributed by atoms with Crippen molar-refractivity contribution in [1.82, 2.24) is 9.88 Å². The Morgan fingerprint density at radius 2 is 1.70 bits per heavy atom. The molecule has 2 aromatic rings. The zero-order valence-corrected chi connectivity index (χ0v) is 22.8. The standard InChI is InChI=1S/C13H11N2OS.3C4H9.Sn/c16-13-11-5-8-17-12(11)4-7-15(13)9-10-3-1-2-6-14-10;3*1-3-4-2;/h1-3,5-6H,4,7,9H2;3*1,3-4H2,2H3;. The van der Waals surface area contributed by atoms with E-state index < -0.39 is 18.4 Å². The van der Waals surface area contributed by atoms with Crippen LogP contribution in [-0.4, -0.2) is 40.7 Å². The molecule has 0 spiro atoms. The maximum absolute atomic E-state index is 13.3. The third-order valence-corrected chi connectivity index (χ3v) is 26.0. The van der Waals surface area contributed by atoms with Crippen molar-refractivity contribution in [3.8, 4) is 0 Å². The van der Waals surface area contributed by atoms with Gasteiger partial charge in [-0.3, -0.25) is 0 Å². The summed E-state index contributed by atoms with van der Waals surface area (Å²) in [5, 5.41) is 0. The van der Waals surface area contributed by atoms with E-state index in [1.807, 2.05) is 40.6 Å². The maximum atomic E-state index is 13.3. The Morgan fingerprint density at radius 3 is 2.27 bits per heavy atom. The van der Waals surface area contributed by atoms with Gasteiger partial charge in [0.15, 0.2) is 0 Å². The molecule has 0 bridgehead atoms. The Kier molecular flexibility index (Phi) is 9.24. The second-order valence-electron chi connectivity index (χ2n) is 8.84. The zero-order valence-electron chi connectivity index (χ0n) is 19.1. The molecule has 3 rings (SSSR count). The Morgan fingerprint density at radius 1 is 1.03 bits per heavy atom. The van der Waals surface area contributed by atoms with Gasteiger partial charge in [-0.25, -0.2) is 0 Å². The van der Waals surface area contributed by atoms with Crippen LogP contribution in [0.3, 0.4) is 0 Å². The molecule has 1 aliphatic rings. The van der Waals surface area contributed by atoms with Crippen LogP contribution < -0.4 is 2.89 Å². The fourth-order valence-electron chi connectivity index (χ4n) is 4.69. The van der Waals surface area contributed by atoms with Crippen molar-refractivity contribution in [2.24, 2.45) is 0 Å². The number of hydrogen-bond acceptors (Lipinski definition) is 3. The topological polar surface area (TPSA) is 33.2 Å². The first-order chi connectivity index (χ1) is 14.6. The van der Waals surface area contributed by atoms with E-state index in [0.29, 0.717) is 6.54 Å². The first-order valence-corrected chi connectivity index (χ1v) is 20.3. The van der Waals surface area contributed by atoms with Gasteiger partial charge in [-0.15, -0.1) is 0 Å². The summed E-state index contributed by atoms with van der Waals surface area (Å²) in [6.07, 6.45) is 10.8. The summed E-state index contributed by atoms with van der Waals surface area (Å²) in [5.41, 5.74) is 2.00. The Bertz CT molecular complexity index is 783. The van der Waals surface area contributed by atoms with Crippen molar-refractivity contribution in [3.63, 3.8) is 0 Å². The van der Waals surface area contributed by atoms with Crippen LogP contribution in [0.5, 0.6) is 0 Å². The SMILES string of the molecule is CCC[CH2][Sn]([CH2]CCC)([CH2]CCC)[c]1cc2c(s1)CCN(Cc1ccccn1)C2=O. The number of aromatic nitrogens is 1. The molecule has 3 nitrogen and oxygen atoms in total. The molecule has 0 saturated heterocycles. The van der Waals surface area contributed by atoms with Gasteiger partial charge in [-0.05, 0) is 0 Å². The monoisotopic (exact) mass is 534 g/mol. The van der Waals surface area contributed by atoms with Gasteiger partial charge in [0.1, 0.15) is 0 Å². The second-order valence-corrected chi connectivity index (χ2v) is 24.1. The third kappa shape index (κ3) is 5.67. The summed E-state index contributed by atoms with van der Waals surface area (Å²) in [7, 11) is 0. The van der Waals surface area contributed by atoms with E-state index in [4.69, 9.17) is 0 Å². The predicted molar refractivity (Wildman–Crippen MR) is 132 cm³/mol. The van der Waals surface area contributed by atoms with E-state index in [-0.39, 0.29) is 5.91 Å². The molecule has 3 heterocycles. The predicted octanol–water partition coefficient (Wildman–Crippen LogP) is 6.40. The van der Waals surface area contributed by atoms with Crippen molar-refractivity contribution in [1.29, 1.82) is 0 Å². The van der Waals surface area contributed by atoms with Crippen molar-refractivity contribution in [3.05, 3.63) is 46.6 Å². The number of thiophene rings is 1. The molecule has 164 valence electrons. The molecule has 0 unspecified atom stereocenters. The van der Waals surface area contributed by atoms with Crippen molar-refractivity contribution >= 4 is 38.5 Å². The minimum absolute atomic E-state index is 0.228. The molecule has 1 aliphatic heterocycles. The van der Waals surface area contributed by atoms with Crippen LogP contribution in [0.1, 0.15) is 80.2 Å². The number of fused-ring (bicyclic) bond motifs is 1. The third-order valence-electron chi connectivity index (χ3n) is 6.56. The minimum atomic E-state index is -2.46. The van der Waals surface area contributed by atoms with Crippen molar-refractivity contribution in [2.75, 3.05) is 6.54 Å². The Labute approximate surface area is 191 Å². The van der Waals surface area contributed by atoms with Crippen LogP contribution in [0.2, 0.25) is 13.3 Å². The first-order valence-electron chi connectivity index (χ1n) is 12.0. The van der Waals surface area contributed by atoms with E-state index in [1.165, 1.54) is 56.7 Å². The van der Waals surface area contributed by atoms with E-state index in [1.54, 1.807) is 2.89 Å². The molecule has 30 heavy (non-hydrogen) atoms. The molecule has 2 aromatic heterocycles. The van der Waals surface area contributed by atoms with Gasteiger partial charge in [-0.2, -0.15) is 0 Å². The van der Waals surface area contributed by atoms with Crippen LogP contribution in [0, 0.1) is 0 Å². The average Bonchev–Trinajstić information content (AvgIpc) is 3.22. The second kappa shape index (κ2) is 11.7. The van der Waals surface area contributed by atoms with Gasteiger partial charge in [0.05, 0.1) is 0 Å². The number of nitrogens with zero attached hydrogens (tertiary/aromatic N) is 2. The van der Waals surface area contributed by atoms with E-state index in [9.17, 15) is 4.79 Å². The fraction of sp³-hybridized carbons (Fsp3) is 0.600. The van der Waals surface area contributed by atoms with Crippen LogP contribution in [0.15, 0.2) is 30.5 Å². The summed E-state index contributed by atoms with van der Waals surface area (Å²) in [5.74, 6) is 0.228. The van der Waals surface area contributed by atoms with Gasteiger partial charge in [0.2, 0.25) is 0 Å². The normalized spacial score (nSPS) is 14.2. The molecular formula is C25H38N2OSSn. The number of carbonyl (C=O) groups is 1. The fourth-order valence-corrected chi connectivity index (χ4v) is 25.1. The number of amides is 1. The van der Waals surface area contributed by atoms with Crippen molar-refractivity contribution in [2.45, 2.75) is 85.6 Å². The number of rotatable bonds is 12. The number of hydrogen-bond donors (Lipinski definition) is 0. The number of carbonyl (C=O) groups excluding carboxylic acids is 1. The molecule has 0 aliphatic carbocycles. The van der Waals surface area contributed by atoms with Gasteiger partial charge in [0, 0.05) is 0 Å². The van der Waals surface area contributed by atoms with Crippen LogP contribution in [0.4, 0.5) is 0 Å². The molecule has 0 aromatic carbocycles. The molecule has 5 heteroatoms. The quantitative estimate of drug-likeness (QED) is 0.296. The molecule has 0 atom stereocenters. The van der Waals surface area contributed by atoms with Crippen LogP contribution in [0.25, 0.3) is 0 Å². The van der Waals surface area contributed by atoms with E-state index in [2.05, 4.69) is 31.8 Å². The first kappa shape index (κ1) is 23.8. The Hall–Kier alpha value is -0.881. The molecule has 0 saturated carbocycles. The van der Waals surface area contributed by atoms with Gasteiger partial charge in [0.25, 0.3) is 0 Å². The van der Waals surface area contributed by atoms with Gasteiger partial charge < -0.3 is 0 Å². The number of pyridine rings is 1. The van der Waals surface area contributed by atoms with Gasteiger partial charge in [-0.1, -0.05) is 0 Å². The summed E-state index contributed by atoms with van der Waals surface area (Å²) in [6.45, 7) is 8.43. The summed E-state index contributed by atoms with van der Waals surface area (Å²) < 4.78 is 6.10. The molecule has 0 radical (unpaired) electrons. The van der Waals surface area contributed by atoms with Crippen molar-refractivity contribution < 1.29 is 4.79 Å². The summed E-state index contributed by atoms with van der Waals surface area (Å²) in [6, 6.07) is 8.33. The van der Waals surface area contributed by atoms with E-state index >= 15 is 0 Å². The molecular weight excluding hydrogens is 495 g/mol. The average molecular weight is 533 g/mol. The number of unbranched alkanes of at least 4 members (excludes halogenated alkanes) is 3. The summed E-state index contributed by atoms with van der Waals surface area (Å²) >= 11 is -0.426. The molecule has 0 fully saturated rings. The summed E-state index contributed by atoms with van der Waals surface area (Å²) in [4.78, 5) is 21.1. The van der Waals surface area contributed by atoms with E-state index in [0.717, 1.165) is 24.2 Å². The van der Waals surface area contributed by atoms with Crippen LogP contribution in [-0.2, 0) is 13.0 Å². The van der Waals surface area contributed by atoms with Gasteiger partial charge >= 0.3 is 192 Å². The Balaban J connectivity index is 1.87.